The highest BCUT2D eigenvalue weighted by molar-refractivity contribution is 5.85. The molecule has 2 heterocycles. The molecule has 0 aromatic carbocycles. The molecule has 0 atom stereocenters. The van der Waals surface area contributed by atoms with Gasteiger partial charge in [-0.25, -0.2) is 0 Å². The van der Waals surface area contributed by atoms with E-state index in [1.54, 1.807) is 0 Å². The number of ether oxygens (including phenoxy) is 1. The van der Waals surface area contributed by atoms with E-state index >= 15 is 0 Å². The molecule has 1 amide bonds. The van der Waals surface area contributed by atoms with Crippen LogP contribution in [0.5, 0.6) is 0 Å². The minimum atomic E-state index is 0. The van der Waals surface area contributed by atoms with Crippen LogP contribution in [0.3, 0.4) is 0 Å². The Kier molecular flexibility index (Phi) is 9.01. The highest BCUT2D eigenvalue weighted by Gasteiger charge is 2.27. The van der Waals surface area contributed by atoms with Crippen LogP contribution in [0.1, 0.15) is 71.1 Å². The Morgan fingerprint density at radius 2 is 1.56 bits per heavy atom. The van der Waals surface area contributed by atoms with Gasteiger partial charge in [0.25, 0.3) is 0 Å². The SMILES string of the molecule is CC1CCC(OC2CCN(C(=O)CCC3CCNCC3)CC2)CC1.Cl. The van der Waals surface area contributed by atoms with Gasteiger partial charge in [0.1, 0.15) is 0 Å². The summed E-state index contributed by atoms with van der Waals surface area (Å²) in [6.07, 6.45) is 12.3. The number of likely N-dealkylation sites (tertiary alicyclic amines) is 1. The molecule has 2 aliphatic heterocycles. The van der Waals surface area contributed by atoms with Crippen molar-refractivity contribution in [1.82, 2.24) is 10.2 Å². The largest absolute Gasteiger partial charge is 0.375 e. The van der Waals surface area contributed by atoms with Gasteiger partial charge in [-0.3, -0.25) is 4.79 Å². The Hall–Kier alpha value is -0.320. The van der Waals surface area contributed by atoms with Crippen LogP contribution in [0, 0.1) is 11.8 Å². The number of hydrogen-bond acceptors (Lipinski definition) is 3. The quantitative estimate of drug-likeness (QED) is 0.798. The second kappa shape index (κ2) is 10.7. The molecule has 0 spiro atoms. The van der Waals surface area contributed by atoms with Gasteiger partial charge in [0, 0.05) is 19.5 Å². The Balaban J connectivity index is 0.00000225. The summed E-state index contributed by atoms with van der Waals surface area (Å²) in [6, 6.07) is 0. The van der Waals surface area contributed by atoms with E-state index < -0.39 is 0 Å². The molecule has 25 heavy (non-hydrogen) atoms. The van der Waals surface area contributed by atoms with E-state index in [2.05, 4.69) is 17.1 Å². The molecule has 1 aliphatic carbocycles. The Morgan fingerprint density at radius 1 is 0.960 bits per heavy atom. The van der Waals surface area contributed by atoms with E-state index in [1.807, 2.05) is 0 Å². The molecule has 0 unspecified atom stereocenters. The molecule has 3 rings (SSSR count). The van der Waals surface area contributed by atoms with E-state index in [9.17, 15) is 4.79 Å². The maximum atomic E-state index is 12.4. The van der Waals surface area contributed by atoms with Crippen LogP contribution in [0.2, 0.25) is 0 Å². The first-order chi connectivity index (χ1) is 11.7. The fraction of sp³-hybridized carbons (Fsp3) is 0.950. The lowest BCUT2D eigenvalue weighted by molar-refractivity contribution is -0.135. The number of carbonyl (C=O) groups excluding carboxylic acids is 1. The third-order valence-electron chi connectivity index (χ3n) is 6.37. The number of nitrogens with zero attached hydrogens (tertiary/aromatic N) is 1. The lowest BCUT2D eigenvalue weighted by atomic mass is 9.88. The van der Waals surface area contributed by atoms with Crippen molar-refractivity contribution in [3.63, 3.8) is 0 Å². The number of rotatable bonds is 5. The Labute approximate surface area is 159 Å². The molecular formula is C20H37ClN2O2. The topological polar surface area (TPSA) is 41.6 Å². The zero-order valence-corrected chi connectivity index (χ0v) is 16.7. The molecule has 4 nitrogen and oxygen atoms in total. The standard InChI is InChI=1S/C20H36N2O2.ClH/c1-16-2-5-18(6-3-16)24-19-10-14-22(15-11-19)20(23)7-4-17-8-12-21-13-9-17;/h16-19,21H,2-15H2,1H3;1H. The molecule has 2 saturated heterocycles. The predicted molar refractivity (Wildman–Crippen MR) is 104 cm³/mol. The molecule has 0 bridgehead atoms. The van der Waals surface area contributed by atoms with Gasteiger partial charge in [-0.1, -0.05) is 6.92 Å². The molecule has 3 aliphatic rings. The average Bonchev–Trinajstić information content (AvgIpc) is 2.63. The van der Waals surface area contributed by atoms with Crippen molar-refractivity contribution >= 4 is 18.3 Å². The maximum Gasteiger partial charge on any atom is 0.222 e. The van der Waals surface area contributed by atoms with Gasteiger partial charge < -0.3 is 15.0 Å². The molecule has 5 heteroatoms. The summed E-state index contributed by atoms with van der Waals surface area (Å²) in [5.41, 5.74) is 0. The fourth-order valence-electron chi connectivity index (χ4n) is 4.54. The van der Waals surface area contributed by atoms with Crippen molar-refractivity contribution in [2.75, 3.05) is 26.2 Å². The lowest BCUT2D eigenvalue weighted by Gasteiger charge is -2.36. The first-order valence-electron chi connectivity index (χ1n) is 10.3. The van der Waals surface area contributed by atoms with Gasteiger partial charge in [0.05, 0.1) is 12.2 Å². The monoisotopic (exact) mass is 372 g/mol. The second-order valence-electron chi connectivity index (χ2n) is 8.33. The highest BCUT2D eigenvalue weighted by Crippen LogP contribution is 2.28. The summed E-state index contributed by atoms with van der Waals surface area (Å²) in [6.45, 7) is 6.41. The van der Waals surface area contributed by atoms with Crippen LogP contribution in [-0.2, 0) is 9.53 Å². The van der Waals surface area contributed by atoms with Crippen LogP contribution < -0.4 is 5.32 Å². The normalized spacial score (nSPS) is 29.2. The molecule has 1 N–H and O–H groups in total. The molecule has 3 fully saturated rings. The minimum absolute atomic E-state index is 0. The summed E-state index contributed by atoms with van der Waals surface area (Å²) in [7, 11) is 0. The van der Waals surface area contributed by atoms with E-state index in [-0.39, 0.29) is 12.4 Å². The molecular weight excluding hydrogens is 336 g/mol. The van der Waals surface area contributed by atoms with E-state index in [0.717, 1.165) is 63.7 Å². The van der Waals surface area contributed by atoms with E-state index in [4.69, 9.17) is 4.74 Å². The maximum absolute atomic E-state index is 12.4. The molecule has 0 radical (unpaired) electrons. The first kappa shape index (κ1) is 21.0. The summed E-state index contributed by atoms with van der Waals surface area (Å²) >= 11 is 0. The highest BCUT2D eigenvalue weighted by atomic mass is 35.5. The van der Waals surface area contributed by atoms with Gasteiger partial charge in [0.2, 0.25) is 5.91 Å². The Bertz CT molecular complexity index is 385. The summed E-state index contributed by atoms with van der Waals surface area (Å²) in [4.78, 5) is 14.5. The lowest BCUT2D eigenvalue weighted by Crippen LogP contribution is -2.42. The summed E-state index contributed by atoms with van der Waals surface area (Å²) in [5, 5.41) is 3.40. The number of amides is 1. The predicted octanol–water partition coefficient (Wildman–Crippen LogP) is 3.77. The number of piperidine rings is 2. The minimum Gasteiger partial charge on any atom is -0.375 e. The Morgan fingerprint density at radius 3 is 2.20 bits per heavy atom. The number of carbonyl (C=O) groups is 1. The van der Waals surface area contributed by atoms with Gasteiger partial charge in [0.15, 0.2) is 0 Å². The van der Waals surface area contributed by atoms with Crippen molar-refractivity contribution in [3.05, 3.63) is 0 Å². The fourth-order valence-corrected chi connectivity index (χ4v) is 4.54. The first-order valence-corrected chi connectivity index (χ1v) is 10.3. The third kappa shape index (κ3) is 6.73. The molecule has 0 aromatic heterocycles. The number of nitrogens with one attached hydrogen (secondary N) is 1. The van der Waals surface area contributed by atoms with Crippen molar-refractivity contribution in [1.29, 1.82) is 0 Å². The zero-order valence-electron chi connectivity index (χ0n) is 15.9. The molecule has 0 aromatic rings. The number of halogens is 1. The van der Waals surface area contributed by atoms with Crippen molar-refractivity contribution in [2.45, 2.75) is 83.3 Å². The summed E-state index contributed by atoms with van der Waals surface area (Å²) in [5.74, 6) is 2.01. The second-order valence-corrected chi connectivity index (χ2v) is 8.33. The van der Waals surface area contributed by atoms with Gasteiger partial charge >= 0.3 is 0 Å². The van der Waals surface area contributed by atoms with Crippen LogP contribution in [0.4, 0.5) is 0 Å². The van der Waals surface area contributed by atoms with Gasteiger partial charge in [-0.05, 0) is 82.7 Å². The molecule has 1 saturated carbocycles. The molecule has 146 valence electrons. The average molecular weight is 373 g/mol. The van der Waals surface area contributed by atoms with Crippen molar-refractivity contribution < 1.29 is 9.53 Å². The van der Waals surface area contributed by atoms with Crippen LogP contribution >= 0.6 is 12.4 Å². The van der Waals surface area contributed by atoms with Crippen molar-refractivity contribution in [3.8, 4) is 0 Å². The third-order valence-corrected chi connectivity index (χ3v) is 6.37. The zero-order chi connectivity index (χ0) is 16.8. The van der Waals surface area contributed by atoms with Crippen molar-refractivity contribution in [2.24, 2.45) is 11.8 Å². The van der Waals surface area contributed by atoms with E-state index in [0.29, 0.717) is 18.1 Å². The van der Waals surface area contributed by atoms with Crippen LogP contribution in [0.25, 0.3) is 0 Å². The summed E-state index contributed by atoms with van der Waals surface area (Å²) < 4.78 is 6.32. The van der Waals surface area contributed by atoms with E-state index in [1.165, 1.54) is 38.5 Å². The van der Waals surface area contributed by atoms with Gasteiger partial charge in [-0.15, -0.1) is 12.4 Å². The number of hydrogen-bond donors (Lipinski definition) is 1. The van der Waals surface area contributed by atoms with Crippen LogP contribution in [0.15, 0.2) is 0 Å². The van der Waals surface area contributed by atoms with Crippen LogP contribution in [-0.4, -0.2) is 49.2 Å². The smallest absolute Gasteiger partial charge is 0.222 e. The van der Waals surface area contributed by atoms with Gasteiger partial charge in [-0.2, -0.15) is 0 Å².